The molecular weight excluding hydrogens is 322 g/mol. The molecule has 0 bridgehead atoms. The van der Waals surface area contributed by atoms with E-state index in [0.717, 1.165) is 48.2 Å². The van der Waals surface area contributed by atoms with Crippen molar-refractivity contribution in [2.45, 2.75) is 33.4 Å². The molecular formula is C18H22ClN5. The predicted molar refractivity (Wildman–Crippen MR) is 96.6 cm³/mol. The minimum Gasteiger partial charge on any atom is -0.312 e. The third kappa shape index (κ3) is 3.86. The minimum atomic E-state index is 0.736. The first-order valence-corrected chi connectivity index (χ1v) is 8.52. The molecule has 1 N–H and O–H groups in total. The van der Waals surface area contributed by atoms with Crippen LogP contribution in [0.4, 0.5) is 0 Å². The fourth-order valence-corrected chi connectivity index (χ4v) is 2.90. The van der Waals surface area contributed by atoms with Gasteiger partial charge in [-0.25, -0.2) is 4.68 Å². The van der Waals surface area contributed by atoms with Crippen LogP contribution >= 0.6 is 11.6 Å². The average molecular weight is 344 g/mol. The Morgan fingerprint density at radius 1 is 1.17 bits per heavy atom. The molecule has 3 rings (SSSR count). The topological polar surface area (TPSA) is 47.7 Å². The minimum absolute atomic E-state index is 0.736. The Bertz CT molecular complexity index is 775. The molecule has 0 saturated heterocycles. The van der Waals surface area contributed by atoms with E-state index < -0.39 is 0 Å². The number of nitrogens with zero attached hydrogens (tertiary/aromatic N) is 4. The SMILES string of the molecule is Cc1nn(-c2ccc(Cl)cc2)c(C)c1CNCCCn1cccn1. The highest BCUT2D eigenvalue weighted by Gasteiger charge is 2.12. The molecule has 0 radical (unpaired) electrons. The number of hydrogen-bond acceptors (Lipinski definition) is 3. The van der Waals surface area contributed by atoms with E-state index in [1.54, 1.807) is 0 Å². The number of hydrogen-bond donors (Lipinski definition) is 1. The number of aromatic nitrogens is 4. The fourth-order valence-electron chi connectivity index (χ4n) is 2.78. The number of nitrogens with one attached hydrogen (secondary N) is 1. The molecule has 24 heavy (non-hydrogen) atoms. The van der Waals surface area contributed by atoms with Gasteiger partial charge in [0.15, 0.2) is 0 Å². The van der Waals surface area contributed by atoms with E-state index in [4.69, 9.17) is 11.6 Å². The van der Waals surface area contributed by atoms with E-state index >= 15 is 0 Å². The van der Waals surface area contributed by atoms with Crippen molar-refractivity contribution in [3.8, 4) is 5.69 Å². The first kappa shape index (κ1) is 16.7. The molecule has 0 amide bonds. The van der Waals surface area contributed by atoms with Crippen molar-refractivity contribution in [3.05, 3.63) is 64.7 Å². The van der Waals surface area contributed by atoms with Crippen molar-refractivity contribution < 1.29 is 0 Å². The summed E-state index contributed by atoms with van der Waals surface area (Å²) < 4.78 is 3.93. The van der Waals surface area contributed by atoms with Gasteiger partial charge in [-0.2, -0.15) is 10.2 Å². The van der Waals surface area contributed by atoms with Gasteiger partial charge in [0.25, 0.3) is 0 Å². The Morgan fingerprint density at radius 3 is 2.67 bits per heavy atom. The molecule has 2 aromatic heterocycles. The molecule has 3 aromatic rings. The molecule has 0 fully saturated rings. The van der Waals surface area contributed by atoms with Crippen LogP contribution in [0.1, 0.15) is 23.4 Å². The lowest BCUT2D eigenvalue weighted by Crippen LogP contribution is -2.17. The Labute approximate surface area is 147 Å². The maximum absolute atomic E-state index is 5.96. The molecule has 0 aliphatic heterocycles. The molecule has 5 nitrogen and oxygen atoms in total. The standard InChI is InChI=1S/C18H22ClN5/c1-14-18(13-20-9-3-11-23-12-4-10-21-23)15(2)24(22-14)17-7-5-16(19)6-8-17/h4-8,10,12,20H,3,9,11,13H2,1-2H3. The van der Waals surface area contributed by atoms with Crippen molar-refractivity contribution in [3.63, 3.8) is 0 Å². The van der Waals surface area contributed by atoms with Crippen molar-refractivity contribution >= 4 is 11.6 Å². The van der Waals surface area contributed by atoms with Crippen LogP contribution in [0, 0.1) is 13.8 Å². The van der Waals surface area contributed by atoms with E-state index in [0.29, 0.717) is 0 Å². The van der Waals surface area contributed by atoms with E-state index in [1.165, 1.54) is 5.56 Å². The molecule has 126 valence electrons. The van der Waals surface area contributed by atoms with Gasteiger partial charge in [0.1, 0.15) is 0 Å². The summed E-state index contributed by atoms with van der Waals surface area (Å²) in [5, 5.41) is 13.1. The second kappa shape index (κ2) is 7.64. The second-order valence-electron chi connectivity index (χ2n) is 5.84. The highest BCUT2D eigenvalue weighted by molar-refractivity contribution is 6.30. The first-order valence-electron chi connectivity index (χ1n) is 8.14. The van der Waals surface area contributed by atoms with Gasteiger partial charge in [-0.3, -0.25) is 4.68 Å². The summed E-state index contributed by atoms with van der Waals surface area (Å²) in [4.78, 5) is 0. The third-order valence-electron chi connectivity index (χ3n) is 4.11. The van der Waals surface area contributed by atoms with E-state index in [2.05, 4.69) is 29.4 Å². The van der Waals surface area contributed by atoms with Crippen LogP contribution in [-0.2, 0) is 13.1 Å². The van der Waals surface area contributed by atoms with E-state index in [-0.39, 0.29) is 0 Å². The van der Waals surface area contributed by atoms with Crippen molar-refractivity contribution in [1.82, 2.24) is 24.9 Å². The predicted octanol–water partition coefficient (Wildman–Crippen LogP) is 3.52. The Hall–Kier alpha value is -2.11. The zero-order valence-electron chi connectivity index (χ0n) is 14.0. The van der Waals surface area contributed by atoms with Gasteiger partial charge in [-0.1, -0.05) is 11.6 Å². The molecule has 0 saturated carbocycles. The van der Waals surface area contributed by atoms with Crippen LogP contribution in [0.3, 0.4) is 0 Å². The van der Waals surface area contributed by atoms with Gasteiger partial charge >= 0.3 is 0 Å². The summed E-state index contributed by atoms with van der Waals surface area (Å²) in [5.41, 5.74) is 4.50. The second-order valence-corrected chi connectivity index (χ2v) is 6.27. The fraction of sp³-hybridized carbons (Fsp3) is 0.333. The lowest BCUT2D eigenvalue weighted by atomic mass is 10.2. The molecule has 0 unspecified atom stereocenters. The van der Waals surface area contributed by atoms with Crippen LogP contribution in [-0.4, -0.2) is 26.1 Å². The molecule has 6 heteroatoms. The quantitative estimate of drug-likeness (QED) is 0.668. The molecule has 0 spiro atoms. The van der Waals surface area contributed by atoms with Crippen molar-refractivity contribution in [1.29, 1.82) is 0 Å². The van der Waals surface area contributed by atoms with Crippen LogP contribution in [0.15, 0.2) is 42.7 Å². The summed E-state index contributed by atoms with van der Waals surface area (Å²) in [6, 6.07) is 9.71. The van der Waals surface area contributed by atoms with Gasteiger partial charge in [-0.05, 0) is 57.1 Å². The zero-order chi connectivity index (χ0) is 16.9. The molecule has 0 aliphatic carbocycles. The van der Waals surface area contributed by atoms with E-state index in [1.807, 2.05) is 52.1 Å². The van der Waals surface area contributed by atoms with E-state index in [9.17, 15) is 0 Å². The zero-order valence-corrected chi connectivity index (χ0v) is 14.8. The largest absolute Gasteiger partial charge is 0.312 e. The average Bonchev–Trinajstić information content (AvgIpc) is 3.18. The molecule has 0 aliphatic rings. The summed E-state index contributed by atoms with van der Waals surface area (Å²) in [6.07, 6.45) is 4.85. The third-order valence-corrected chi connectivity index (χ3v) is 4.37. The maximum atomic E-state index is 5.96. The summed E-state index contributed by atoms with van der Waals surface area (Å²) in [5.74, 6) is 0. The van der Waals surface area contributed by atoms with Crippen LogP contribution in [0.5, 0.6) is 0 Å². The van der Waals surface area contributed by atoms with Gasteiger partial charge < -0.3 is 5.32 Å². The van der Waals surface area contributed by atoms with Crippen molar-refractivity contribution in [2.24, 2.45) is 0 Å². The number of benzene rings is 1. The first-order chi connectivity index (χ1) is 11.6. The lowest BCUT2D eigenvalue weighted by molar-refractivity contribution is 0.542. The lowest BCUT2D eigenvalue weighted by Gasteiger charge is -2.07. The smallest absolute Gasteiger partial charge is 0.0649 e. The maximum Gasteiger partial charge on any atom is 0.0649 e. The summed E-state index contributed by atoms with van der Waals surface area (Å²) in [7, 11) is 0. The van der Waals surface area contributed by atoms with Gasteiger partial charge in [0, 0.05) is 41.8 Å². The van der Waals surface area contributed by atoms with Gasteiger partial charge in [0.2, 0.25) is 0 Å². The van der Waals surface area contributed by atoms with Crippen LogP contribution in [0.2, 0.25) is 5.02 Å². The Morgan fingerprint density at radius 2 is 1.96 bits per heavy atom. The molecule has 0 atom stereocenters. The number of rotatable bonds is 7. The summed E-state index contributed by atoms with van der Waals surface area (Å²) >= 11 is 5.96. The highest BCUT2D eigenvalue weighted by Crippen LogP contribution is 2.19. The van der Waals surface area contributed by atoms with Gasteiger partial charge in [-0.15, -0.1) is 0 Å². The summed E-state index contributed by atoms with van der Waals surface area (Å²) in [6.45, 7) is 6.87. The monoisotopic (exact) mass is 343 g/mol. The van der Waals surface area contributed by atoms with Crippen LogP contribution in [0.25, 0.3) is 5.69 Å². The number of halogens is 1. The van der Waals surface area contributed by atoms with Crippen LogP contribution < -0.4 is 5.32 Å². The normalized spacial score (nSPS) is 11.1. The van der Waals surface area contributed by atoms with Gasteiger partial charge in [0.05, 0.1) is 11.4 Å². The highest BCUT2D eigenvalue weighted by atomic mass is 35.5. The molecule has 1 aromatic carbocycles. The molecule has 2 heterocycles. The number of aryl methyl sites for hydroxylation is 2. The van der Waals surface area contributed by atoms with Crippen molar-refractivity contribution in [2.75, 3.05) is 6.54 Å². The Kier molecular flexibility index (Phi) is 5.33. The Balaban J connectivity index is 1.58.